The minimum atomic E-state index is -0.232. The van der Waals surface area contributed by atoms with Gasteiger partial charge in [0, 0.05) is 30.6 Å². The van der Waals surface area contributed by atoms with Crippen LogP contribution in [0.3, 0.4) is 0 Å². The number of nitrogens with two attached hydrogens (primary N) is 1. The van der Waals surface area contributed by atoms with Gasteiger partial charge < -0.3 is 16.0 Å². The monoisotopic (exact) mass is 421 g/mol. The number of rotatable bonds is 6. The first kappa shape index (κ1) is 20.0. The van der Waals surface area contributed by atoms with Crippen LogP contribution in [0.5, 0.6) is 0 Å². The van der Waals surface area contributed by atoms with Gasteiger partial charge in [-0.3, -0.25) is 14.6 Å². The summed E-state index contributed by atoms with van der Waals surface area (Å²) in [4.78, 5) is 35.1. The summed E-state index contributed by atoms with van der Waals surface area (Å²) in [6.45, 7) is 1.47. The maximum Gasteiger partial charge on any atom is 0.230 e. The Morgan fingerprint density at radius 1 is 1.13 bits per heavy atom. The predicted octanol–water partition coefficient (Wildman–Crippen LogP) is 3.09. The Balaban J connectivity index is 1.41. The highest BCUT2D eigenvalue weighted by Crippen LogP contribution is 2.30. The summed E-state index contributed by atoms with van der Waals surface area (Å²) >= 11 is 1.48. The van der Waals surface area contributed by atoms with Gasteiger partial charge in [0.2, 0.25) is 11.8 Å². The molecule has 0 radical (unpaired) electrons. The second-order valence-electron chi connectivity index (χ2n) is 7.26. The van der Waals surface area contributed by atoms with Crippen LogP contribution in [0.1, 0.15) is 18.5 Å². The number of pyridine rings is 1. The first-order valence-electron chi connectivity index (χ1n) is 9.89. The molecule has 1 saturated heterocycles. The Hall–Kier alpha value is -3.26. The van der Waals surface area contributed by atoms with Crippen molar-refractivity contribution in [1.82, 2.24) is 9.97 Å². The van der Waals surface area contributed by atoms with E-state index in [9.17, 15) is 9.59 Å². The lowest BCUT2D eigenvalue weighted by Crippen LogP contribution is -2.38. The topological polar surface area (TPSA) is 101 Å². The third kappa shape index (κ3) is 4.65. The van der Waals surface area contributed by atoms with Gasteiger partial charge in [-0.05, 0) is 37.1 Å². The fourth-order valence-corrected chi connectivity index (χ4v) is 4.41. The number of nitrogens with zero attached hydrogens (tertiary/aromatic N) is 3. The molecule has 0 unspecified atom stereocenters. The van der Waals surface area contributed by atoms with Crippen LogP contribution in [0, 0.1) is 5.92 Å². The number of hydrogen-bond donors (Lipinski definition) is 2. The summed E-state index contributed by atoms with van der Waals surface area (Å²) < 4.78 is 0. The highest BCUT2D eigenvalue weighted by molar-refractivity contribution is 7.13. The molecule has 1 aliphatic heterocycles. The third-order valence-corrected chi connectivity index (χ3v) is 6.11. The van der Waals surface area contributed by atoms with Gasteiger partial charge in [-0.1, -0.05) is 18.2 Å². The Labute approximate surface area is 179 Å². The summed E-state index contributed by atoms with van der Waals surface area (Å²) in [5.74, 6) is -0.419. The number of carbonyl (C=O) groups is 2. The van der Waals surface area contributed by atoms with Gasteiger partial charge in [0.15, 0.2) is 0 Å². The molecular weight excluding hydrogens is 398 g/mol. The zero-order valence-corrected chi connectivity index (χ0v) is 17.3. The van der Waals surface area contributed by atoms with Crippen LogP contribution in [-0.4, -0.2) is 34.9 Å². The van der Waals surface area contributed by atoms with Gasteiger partial charge >= 0.3 is 0 Å². The van der Waals surface area contributed by atoms with E-state index in [0.29, 0.717) is 0 Å². The average molecular weight is 422 g/mol. The summed E-state index contributed by atoms with van der Waals surface area (Å²) in [5, 5.41) is 5.71. The molecule has 1 fully saturated rings. The number of primary amides is 1. The minimum Gasteiger partial charge on any atom is -0.370 e. The second kappa shape index (κ2) is 9.04. The number of amides is 2. The Bertz CT molecular complexity index is 1030. The van der Waals surface area contributed by atoms with Gasteiger partial charge in [-0.15, -0.1) is 11.3 Å². The smallest absolute Gasteiger partial charge is 0.230 e. The molecule has 1 aliphatic rings. The quantitative estimate of drug-likeness (QED) is 0.637. The van der Waals surface area contributed by atoms with Crippen molar-refractivity contribution in [3.05, 3.63) is 59.7 Å². The molecule has 0 saturated carbocycles. The van der Waals surface area contributed by atoms with Crippen LogP contribution in [0.15, 0.2) is 54.0 Å². The molecule has 30 heavy (non-hydrogen) atoms. The van der Waals surface area contributed by atoms with Crippen molar-refractivity contribution >= 4 is 34.5 Å². The van der Waals surface area contributed by atoms with Crippen molar-refractivity contribution in [2.24, 2.45) is 11.7 Å². The number of piperidine rings is 1. The van der Waals surface area contributed by atoms with Crippen molar-refractivity contribution in [3.63, 3.8) is 0 Å². The van der Waals surface area contributed by atoms with Gasteiger partial charge in [-0.2, -0.15) is 0 Å². The predicted molar refractivity (Wildman–Crippen MR) is 118 cm³/mol. The maximum absolute atomic E-state index is 12.7. The molecule has 3 aromatic rings. The summed E-state index contributed by atoms with van der Waals surface area (Å²) in [6.07, 6.45) is 3.38. The number of nitrogens with one attached hydrogen (secondary N) is 1. The SMILES string of the molecule is NC(=O)C1CCN(c2ccccc2NC(=O)Cc2csc(-c3ccccn3)n2)CC1. The molecule has 1 aromatic carbocycles. The molecule has 2 amide bonds. The molecule has 7 nitrogen and oxygen atoms in total. The van der Waals surface area contributed by atoms with E-state index in [-0.39, 0.29) is 24.2 Å². The zero-order chi connectivity index (χ0) is 20.9. The Morgan fingerprint density at radius 2 is 1.90 bits per heavy atom. The molecule has 3 heterocycles. The van der Waals surface area contributed by atoms with Crippen molar-refractivity contribution in [2.75, 3.05) is 23.3 Å². The summed E-state index contributed by atoms with van der Waals surface area (Å²) in [6, 6.07) is 13.4. The molecule has 0 aliphatic carbocycles. The third-order valence-electron chi connectivity index (χ3n) is 5.19. The van der Waals surface area contributed by atoms with Crippen LogP contribution >= 0.6 is 11.3 Å². The molecule has 3 N–H and O–H groups in total. The summed E-state index contributed by atoms with van der Waals surface area (Å²) in [7, 11) is 0. The maximum atomic E-state index is 12.7. The normalized spacial score (nSPS) is 14.5. The number of anilines is 2. The van der Waals surface area contributed by atoms with Crippen molar-refractivity contribution in [3.8, 4) is 10.7 Å². The van der Waals surface area contributed by atoms with Crippen LogP contribution in [0.25, 0.3) is 10.7 Å². The van der Waals surface area contributed by atoms with Crippen molar-refractivity contribution < 1.29 is 9.59 Å². The molecule has 4 rings (SSSR count). The number of carbonyl (C=O) groups excluding carboxylic acids is 2. The number of benzene rings is 1. The van der Waals surface area contributed by atoms with Crippen LogP contribution in [0.4, 0.5) is 11.4 Å². The van der Waals surface area contributed by atoms with Gasteiger partial charge in [0.1, 0.15) is 5.01 Å². The Morgan fingerprint density at radius 3 is 2.63 bits per heavy atom. The fourth-order valence-electron chi connectivity index (χ4n) is 3.61. The van der Waals surface area contributed by atoms with Gasteiger partial charge in [-0.25, -0.2) is 4.98 Å². The lowest BCUT2D eigenvalue weighted by atomic mass is 9.96. The van der Waals surface area contributed by atoms with E-state index in [1.165, 1.54) is 11.3 Å². The highest BCUT2D eigenvalue weighted by Gasteiger charge is 2.24. The molecule has 0 atom stereocenters. The average Bonchev–Trinajstić information content (AvgIpc) is 3.23. The Kier molecular flexibility index (Phi) is 6.04. The van der Waals surface area contributed by atoms with Crippen molar-refractivity contribution in [2.45, 2.75) is 19.3 Å². The number of hydrogen-bond acceptors (Lipinski definition) is 6. The lowest BCUT2D eigenvalue weighted by Gasteiger charge is -2.33. The molecular formula is C22H23N5O2S. The fraction of sp³-hybridized carbons (Fsp3) is 0.273. The van der Waals surface area contributed by atoms with Crippen LogP contribution < -0.4 is 16.0 Å². The first-order valence-corrected chi connectivity index (χ1v) is 10.8. The zero-order valence-electron chi connectivity index (χ0n) is 16.5. The summed E-state index contributed by atoms with van der Waals surface area (Å²) in [5.41, 5.74) is 8.68. The first-order chi connectivity index (χ1) is 14.6. The van der Waals surface area contributed by atoms with Gasteiger partial charge in [0.05, 0.1) is 29.2 Å². The lowest BCUT2D eigenvalue weighted by molar-refractivity contribution is -0.122. The standard InChI is InChI=1S/C22H23N5O2S/c23-21(29)15-8-11-27(12-9-15)19-7-2-1-5-17(19)26-20(28)13-16-14-30-22(25-16)18-6-3-4-10-24-18/h1-7,10,14-15H,8-9,11-13H2,(H2,23,29)(H,26,28). The highest BCUT2D eigenvalue weighted by atomic mass is 32.1. The number of aromatic nitrogens is 2. The molecule has 0 bridgehead atoms. The number of para-hydroxylation sites is 2. The molecule has 0 spiro atoms. The largest absolute Gasteiger partial charge is 0.370 e. The van der Waals surface area contributed by atoms with E-state index in [2.05, 4.69) is 20.2 Å². The van der Waals surface area contributed by atoms with Crippen LogP contribution in [0.2, 0.25) is 0 Å². The molecule has 2 aromatic heterocycles. The van der Waals surface area contributed by atoms with E-state index in [0.717, 1.165) is 53.7 Å². The van der Waals surface area contributed by atoms with E-state index < -0.39 is 0 Å². The van der Waals surface area contributed by atoms with E-state index in [4.69, 9.17) is 5.73 Å². The number of thiazole rings is 1. The van der Waals surface area contributed by atoms with Crippen molar-refractivity contribution in [1.29, 1.82) is 0 Å². The second-order valence-corrected chi connectivity index (χ2v) is 8.12. The van der Waals surface area contributed by atoms with E-state index >= 15 is 0 Å². The van der Waals surface area contributed by atoms with Crippen LogP contribution in [-0.2, 0) is 16.0 Å². The van der Waals surface area contributed by atoms with Gasteiger partial charge in [0.25, 0.3) is 0 Å². The van der Waals surface area contributed by atoms with E-state index in [1.807, 2.05) is 47.8 Å². The molecule has 154 valence electrons. The minimum absolute atomic E-state index is 0.0685. The van der Waals surface area contributed by atoms with E-state index in [1.54, 1.807) is 6.20 Å². The molecule has 8 heteroatoms.